The Morgan fingerprint density at radius 2 is 2.06 bits per heavy atom. The first-order valence-corrected chi connectivity index (χ1v) is 13.2. The van der Waals surface area contributed by atoms with Crippen molar-refractivity contribution in [3.05, 3.63) is 54.2 Å². The Hall–Kier alpha value is -3.00. The summed E-state index contributed by atoms with van der Waals surface area (Å²) in [5.74, 6) is 1.09. The lowest BCUT2D eigenvalue weighted by Gasteiger charge is -2.13. The fourth-order valence-electron chi connectivity index (χ4n) is 3.33. The Kier molecular flexibility index (Phi) is 7.27. The number of carbonyl (C=O) groups is 1. The maximum Gasteiger partial charge on any atom is 0.277 e. The van der Waals surface area contributed by atoms with Crippen LogP contribution in [0.5, 0.6) is 5.75 Å². The molecule has 2 N–H and O–H groups in total. The summed E-state index contributed by atoms with van der Waals surface area (Å²) in [6, 6.07) is 11.6. The summed E-state index contributed by atoms with van der Waals surface area (Å²) < 4.78 is 11.9. The van der Waals surface area contributed by atoms with E-state index in [0.717, 1.165) is 46.6 Å². The number of nitrogens with one attached hydrogen (secondary N) is 2. The maximum atomic E-state index is 13.2. The highest BCUT2D eigenvalue weighted by Gasteiger charge is 2.19. The molecule has 1 saturated heterocycles. The van der Waals surface area contributed by atoms with Crippen LogP contribution in [0.2, 0.25) is 0 Å². The van der Waals surface area contributed by atoms with Gasteiger partial charge in [0.15, 0.2) is 5.16 Å². The zero-order chi connectivity index (χ0) is 24.2. The molecule has 4 aromatic rings. The van der Waals surface area contributed by atoms with Gasteiger partial charge >= 0.3 is 0 Å². The molecule has 3 aromatic heterocycles. The van der Waals surface area contributed by atoms with Crippen molar-refractivity contribution in [3.8, 4) is 5.75 Å². The van der Waals surface area contributed by atoms with E-state index in [0.29, 0.717) is 26.8 Å². The molecule has 0 radical (unpaired) electrons. The lowest BCUT2D eigenvalue weighted by atomic mass is 10.3. The van der Waals surface area contributed by atoms with Crippen LogP contribution in [0, 0.1) is 6.92 Å². The van der Waals surface area contributed by atoms with Gasteiger partial charge in [0.25, 0.3) is 5.91 Å². The number of ether oxygens (including phenoxy) is 1. The normalized spacial score (nSPS) is 15.3. The van der Waals surface area contributed by atoms with Crippen molar-refractivity contribution in [3.63, 3.8) is 0 Å². The molecule has 180 valence electrons. The minimum absolute atomic E-state index is 0.205. The number of amides is 1. The third-order valence-electron chi connectivity index (χ3n) is 5.03. The van der Waals surface area contributed by atoms with Gasteiger partial charge in [0.2, 0.25) is 5.13 Å². The van der Waals surface area contributed by atoms with Gasteiger partial charge in [0.05, 0.1) is 0 Å². The molecule has 0 saturated carbocycles. The highest BCUT2D eigenvalue weighted by atomic mass is 32.2. The van der Waals surface area contributed by atoms with E-state index in [1.54, 1.807) is 17.8 Å². The van der Waals surface area contributed by atoms with E-state index in [4.69, 9.17) is 4.74 Å². The number of pyridine rings is 1. The van der Waals surface area contributed by atoms with Crippen molar-refractivity contribution >= 4 is 46.1 Å². The average molecular weight is 527 g/mol. The molecular weight excluding hydrogens is 504 g/mol. The Morgan fingerprint density at radius 1 is 1.20 bits per heavy atom. The first kappa shape index (κ1) is 23.7. The summed E-state index contributed by atoms with van der Waals surface area (Å²) in [7, 11) is 1.86. The molecule has 0 unspecified atom stereocenters. The Bertz CT molecular complexity index is 1320. The molecule has 10 nitrogen and oxygen atoms in total. The minimum atomic E-state index is -0.349. The van der Waals surface area contributed by atoms with E-state index in [1.807, 2.05) is 43.4 Å². The number of carbonyl (C=O) groups excluding carboxylic acids is 1. The second-order valence-corrected chi connectivity index (χ2v) is 10.6. The van der Waals surface area contributed by atoms with Crippen molar-refractivity contribution in [2.45, 2.75) is 39.4 Å². The molecule has 0 bridgehead atoms. The summed E-state index contributed by atoms with van der Waals surface area (Å²) in [5.41, 5.74) is 0.298. The SMILES string of the molecule is Cc1nsc(NC(=O)c2nc(Sc3nncn3C)ccc2Sc2ccc(O[C@@H]3CCNC3)cc2)n1. The molecule has 5 rings (SSSR count). The van der Waals surface area contributed by atoms with Crippen molar-refractivity contribution < 1.29 is 9.53 Å². The summed E-state index contributed by atoms with van der Waals surface area (Å²) in [5, 5.41) is 15.8. The Morgan fingerprint density at radius 3 is 2.74 bits per heavy atom. The van der Waals surface area contributed by atoms with Crippen LogP contribution in [-0.4, -0.2) is 54.2 Å². The molecule has 1 aliphatic heterocycles. The molecule has 1 aromatic carbocycles. The lowest BCUT2D eigenvalue weighted by molar-refractivity contribution is 0.101. The van der Waals surface area contributed by atoms with Gasteiger partial charge < -0.3 is 14.6 Å². The van der Waals surface area contributed by atoms with Crippen LogP contribution >= 0.6 is 35.1 Å². The van der Waals surface area contributed by atoms with Crippen LogP contribution in [0.25, 0.3) is 0 Å². The van der Waals surface area contributed by atoms with Gasteiger partial charge in [0.1, 0.15) is 34.7 Å². The predicted molar refractivity (Wildman–Crippen MR) is 134 cm³/mol. The third kappa shape index (κ3) is 5.99. The van der Waals surface area contributed by atoms with Crippen LogP contribution < -0.4 is 15.4 Å². The molecular formula is C22H22N8O2S3. The first-order valence-electron chi connectivity index (χ1n) is 10.8. The van der Waals surface area contributed by atoms with Crippen LogP contribution in [0.4, 0.5) is 5.13 Å². The van der Waals surface area contributed by atoms with E-state index in [2.05, 4.69) is 35.2 Å². The van der Waals surface area contributed by atoms with E-state index in [1.165, 1.54) is 23.5 Å². The molecule has 13 heteroatoms. The second-order valence-electron chi connectivity index (χ2n) is 7.73. The average Bonchev–Trinajstić information content (AvgIpc) is 3.60. The van der Waals surface area contributed by atoms with Gasteiger partial charge in [0, 0.05) is 34.9 Å². The minimum Gasteiger partial charge on any atom is -0.489 e. The fourth-order valence-corrected chi connectivity index (χ4v) is 5.53. The standard InChI is InChI=1S/C22H22N8O2S3/c1-13-25-21(35-29-13)27-20(31)19-17(7-8-18(26-19)34-22-28-24-12-30(22)2)33-16-5-3-14(4-6-16)32-15-9-10-23-11-15/h3-8,12,15,23H,9-11H2,1-2H3,(H,25,27,29,31)/t15-/m1/s1. The van der Waals surface area contributed by atoms with Crippen LogP contribution in [0.15, 0.2) is 62.7 Å². The monoisotopic (exact) mass is 526 g/mol. The number of anilines is 1. The number of aryl methyl sites for hydroxylation is 2. The molecule has 1 aliphatic rings. The van der Waals surface area contributed by atoms with E-state index >= 15 is 0 Å². The molecule has 35 heavy (non-hydrogen) atoms. The number of hydrogen-bond acceptors (Lipinski definition) is 11. The maximum absolute atomic E-state index is 13.2. The molecule has 1 atom stereocenters. The van der Waals surface area contributed by atoms with Gasteiger partial charge in [-0.1, -0.05) is 11.8 Å². The van der Waals surface area contributed by atoms with Crippen molar-refractivity contribution in [1.82, 2.24) is 34.4 Å². The molecule has 4 heterocycles. The summed E-state index contributed by atoms with van der Waals surface area (Å²) in [6.45, 7) is 3.63. The van der Waals surface area contributed by atoms with E-state index in [9.17, 15) is 4.79 Å². The number of hydrogen-bond donors (Lipinski definition) is 2. The van der Waals surface area contributed by atoms with Gasteiger partial charge in [-0.05, 0) is 68.0 Å². The van der Waals surface area contributed by atoms with Crippen molar-refractivity contribution in [2.75, 3.05) is 18.4 Å². The van der Waals surface area contributed by atoms with Gasteiger partial charge in [-0.2, -0.15) is 4.37 Å². The Balaban J connectivity index is 1.37. The first-order chi connectivity index (χ1) is 17.0. The number of benzene rings is 1. The summed E-state index contributed by atoms with van der Waals surface area (Å²) in [6.07, 6.45) is 2.83. The van der Waals surface area contributed by atoms with Gasteiger partial charge in [-0.15, -0.1) is 10.2 Å². The highest BCUT2D eigenvalue weighted by molar-refractivity contribution is 7.99. The molecule has 0 aliphatic carbocycles. The molecule has 0 spiro atoms. The zero-order valence-electron chi connectivity index (χ0n) is 19.0. The Labute approximate surface area is 214 Å². The largest absolute Gasteiger partial charge is 0.489 e. The van der Waals surface area contributed by atoms with Crippen LogP contribution in [0.1, 0.15) is 22.7 Å². The predicted octanol–water partition coefficient (Wildman–Crippen LogP) is 3.67. The zero-order valence-corrected chi connectivity index (χ0v) is 21.4. The fraction of sp³-hybridized carbons (Fsp3) is 0.273. The smallest absolute Gasteiger partial charge is 0.277 e. The third-order valence-corrected chi connectivity index (χ3v) is 7.80. The number of rotatable bonds is 8. The second kappa shape index (κ2) is 10.7. The number of nitrogens with zero attached hydrogens (tertiary/aromatic N) is 6. The quantitative estimate of drug-likeness (QED) is 0.352. The van der Waals surface area contributed by atoms with E-state index < -0.39 is 0 Å². The summed E-state index contributed by atoms with van der Waals surface area (Å²) >= 11 is 3.93. The highest BCUT2D eigenvalue weighted by Crippen LogP contribution is 2.34. The molecule has 1 fully saturated rings. The number of aromatic nitrogens is 6. The van der Waals surface area contributed by atoms with Crippen molar-refractivity contribution in [1.29, 1.82) is 0 Å². The van der Waals surface area contributed by atoms with Crippen LogP contribution in [-0.2, 0) is 7.05 Å². The summed E-state index contributed by atoms with van der Waals surface area (Å²) in [4.78, 5) is 23.8. The van der Waals surface area contributed by atoms with Crippen molar-refractivity contribution in [2.24, 2.45) is 7.05 Å². The topological polar surface area (TPSA) is 120 Å². The van der Waals surface area contributed by atoms with Gasteiger partial charge in [-0.3, -0.25) is 10.1 Å². The lowest BCUT2D eigenvalue weighted by Crippen LogP contribution is -2.19. The van der Waals surface area contributed by atoms with Gasteiger partial charge in [-0.25, -0.2) is 9.97 Å². The molecule has 1 amide bonds. The van der Waals surface area contributed by atoms with Crippen LogP contribution in [0.3, 0.4) is 0 Å². The van der Waals surface area contributed by atoms with E-state index in [-0.39, 0.29) is 12.0 Å².